The second-order valence-electron chi connectivity index (χ2n) is 9.20. The Bertz CT molecular complexity index is 1120. The van der Waals surface area contributed by atoms with Crippen LogP contribution in [0.2, 0.25) is 0 Å². The van der Waals surface area contributed by atoms with Gasteiger partial charge in [0, 0.05) is 19.8 Å². The Morgan fingerprint density at radius 2 is 1.52 bits per heavy atom. The number of nitrogens with one attached hydrogen (secondary N) is 1. The van der Waals surface area contributed by atoms with Crippen LogP contribution < -0.4 is 10.2 Å². The van der Waals surface area contributed by atoms with Gasteiger partial charge in [0.05, 0.1) is 24.1 Å². The van der Waals surface area contributed by atoms with Gasteiger partial charge in [0.15, 0.2) is 0 Å². The average molecular weight is 447 g/mol. The Morgan fingerprint density at radius 3 is 2.00 bits per heavy atom. The van der Waals surface area contributed by atoms with Crippen molar-refractivity contribution in [1.29, 1.82) is 0 Å². The highest BCUT2D eigenvalue weighted by Crippen LogP contribution is 2.42. The molecule has 7 nitrogen and oxygen atoms in total. The molecule has 2 atom stereocenters. The first-order valence-corrected chi connectivity index (χ1v) is 11.4. The van der Waals surface area contributed by atoms with Gasteiger partial charge in [-0.15, -0.1) is 0 Å². The van der Waals surface area contributed by atoms with Crippen molar-refractivity contribution in [1.82, 2.24) is 5.32 Å². The predicted octanol–water partition coefficient (Wildman–Crippen LogP) is 2.13. The third-order valence-corrected chi connectivity index (χ3v) is 7.04. The number of anilines is 1. The molecule has 1 N–H and O–H groups in total. The lowest BCUT2D eigenvalue weighted by molar-refractivity contribution is -0.152. The van der Waals surface area contributed by atoms with Crippen LogP contribution in [0.1, 0.15) is 36.1 Å². The summed E-state index contributed by atoms with van der Waals surface area (Å²) >= 11 is 0. The first-order chi connectivity index (χ1) is 15.8. The van der Waals surface area contributed by atoms with Crippen molar-refractivity contribution < 1.29 is 23.9 Å². The van der Waals surface area contributed by atoms with E-state index in [4.69, 9.17) is 4.74 Å². The van der Waals surface area contributed by atoms with E-state index in [2.05, 4.69) is 5.32 Å². The van der Waals surface area contributed by atoms with Gasteiger partial charge in [0.25, 0.3) is 0 Å². The molecule has 0 spiro atoms. The number of hydrogen-bond acceptors (Lipinski definition) is 5. The molecule has 0 radical (unpaired) electrons. The lowest BCUT2D eigenvalue weighted by Crippen LogP contribution is -2.55. The normalized spacial score (nSPS) is 25.3. The zero-order chi connectivity index (χ0) is 23.3. The molecule has 5 rings (SSSR count). The molecule has 0 saturated carbocycles. The van der Waals surface area contributed by atoms with Gasteiger partial charge in [-0.25, -0.2) is 4.79 Å². The molecular weight excluding hydrogens is 420 g/mol. The number of fused-ring (bicyclic) bond motifs is 3. The van der Waals surface area contributed by atoms with Crippen LogP contribution in [0.25, 0.3) is 0 Å². The van der Waals surface area contributed by atoms with E-state index >= 15 is 0 Å². The number of imide groups is 1. The number of ether oxygens (including phenoxy) is 1. The summed E-state index contributed by atoms with van der Waals surface area (Å²) in [5.41, 5.74) is 3.53. The minimum atomic E-state index is -1.11. The van der Waals surface area contributed by atoms with Crippen molar-refractivity contribution in [3.05, 3.63) is 64.7 Å². The lowest BCUT2D eigenvalue weighted by Gasteiger charge is -2.27. The number of esters is 1. The number of hydrogen-bond donors (Lipinski definition) is 1. The van der Waals surface area contributed by atoms with Crippen LogP contribution in [0.5, 0.6) is 0 Å². The number of para-hydroxylation sites is 1. The molecule has 2 aromatic carbocycles. The van der Waals surface area contributed by atoms with E-state index < -0.39 is 11.5 Å². The molecule has 1 heterocycles. The van der Waals surface area contributed by atoms with Crippen molar-refractivity contribution in [3.63, 3.8) is 0 Å². The molecule has 3 amide bonds. The zero-order valence-electron chi connectivity index (χ0n) is 18.7. The molecule has 7 heteroatoms. The molecule has 1 saturated heterocycles. The standard InChI is InChI=1S/C26H26N2O5/c1-3-33-25(32)26(27-15(2)29)13-18-9-16-11-21-22(12-17(16)10-19(18)14-26)24(31)28(23(21)30)20-7-5-4-6-8-20/h4-10,21-22H,3,11-14H2,1-2H3,(H,27,29). The van der Waals surface area contributed by atoms with Gasteiger partial charge < -0.3 is 10.1 Å². The summed E-state index contributed by atoms with van der Waals surface area (Å²) in [5.74, 6) is -1.78. The van der Waals surface area contributed by atoms with Gasteiger partial charge >= 0.3 is 5.97 Å². The number of benzene rings is 2. The highest BCUT2D eigenvalue weighted by Gasteiger charge is 2.51. The smallest absolute Gasteiger partial charge is 0.332 e. The van der Waals surface area contributed by atoms with Crippen LogP contribution in [0, 0.1) is 11.8 Å². The largest absolute Gasteiger partial charge is 0.464 e. The van der Waals surface area contributed by atoms with Crippen LogP contribution in [-0.4, -0.2) is 35.8 Å². The van der Waals surface area contributed by atoms with Crippen LogP contribution in [0.15, 0.2) is 42.5 Å². The number of nitrogens with zero attached hydrogens (tertiary/aromatic N) is 1. The second kappa shape index (κ2) is 7.83. The quantitative estimate of drug-likeness (QED) is 0.574. The van der Waals surface area contributed by atoms with Gasteiger partial charge in [-0.2, -0.15) is 0 Å². The number of carbonyl (C=O) groups is 4. The van der Waals surface area contributed by atoms with Gasteiger partial charge in [0.1, 0.15) is 5.54 Å². The fourth-order valence-electron chi connectivity index (χ4n) is 5.65. The Hall–Kier alpha value is -3.48. The molecule has 170 valence electrons. The van der Waals surface area contributed by atoms with Crippen molar-refractivity contribution in [2.45, 2.75) is 45.1 Å². The first-order valence-electron chi connectivity index (χ1n) is 11.4. The third kappa shape index (κ3) is 3.43. The van der Waals surface area contributed by atoms with Crippen molar-refractivity contribution in [2.75, 3.05) is 11.5 Å². The monoisotopic (exact) mass is 446 g/mol. The van der Waals surface area contributed by atoms with Crippen molar-refractivity contribution in [3.8, 4) is 0 Å². The molecule has 0 aromatic heterocycles. The molecule has 2 aromatic rings. The molecule has 1 aliphatic heterocycles. The van der Waals surface area contributed by atoms with Crippen LogP contribution >= 0.6 is 0 Å². The van der Waals surface area contributed by atoms with E-state index in [1.807, 2.05) is 30.3 Å². The Balaban J connectivity index is 1.45. The van der Waals surface area contributed by atoms with Crippen LogP contribution in [-0.2, 0) is 49.6 Å². The topological polar surface area (TPSA) is 92.8 Å². The van der Waals surface area contributed by atoms with Gasteiger partial charge in [-0.05, 0) is 54.2 Å². The van der Waals surface area contributed by atoms with Gasteiger partial charge in [-0.1, -0.05) is 30.3 Å². The Morgan fingerprint density at radius 1 is 0.970 bits per heavy atom. The maximum atomic E-state index is 13.2. The zero-order valence-corrected chi connectivity index (χ0v) is 18.7. The van der Waals surface area contributed by atoms with Crippen LogP contribution in [0.4, 0.5) is 5.69 Å². The molecule has 0 bridgehead atoms. The highest BCUT2D eigenvalue weighted by molar-refractivity contribution is 6.22. The average Bonchev–Trinajstić information content (AvgIpc) is 3.25. The molecule has 2 aliphatic carbocycles. The lowest BCUT2D eigenvalue weighted by atomic mass is 9.76. The minimum Gasteiger partial charge on any atom is -0.464 e. The molecule has 2 unspecified atom stereocenters. The maximum Gasteiger partial charge on any atom is 0.332 e. The van der Waals surface area contributed by atoms with E-state index in [0.29, 0.717) is 31.4 Å². The molecule has 3 aliphatic rings. The summed E-state index contributed by atoms with van der Waals surface area (Å²) in [4.78, 5) is 52.3. The summed E-state index contributed by atoms with van der Waals surface area (Å²) < 4.78 is 5.28. The Kier molecular flexibility index (Phi) is 5.07. The number of amides is 3. The van der Waals surface area contributed by atoms with E-state index in [0.717, 1.165) is 22.3 Å². The molecule has 1 fully saturated rings. The fourth-order valence-corrected chi connectivity index (χ4v) is 5.65. The minimum absolute atomic E-state index is 0.151. The summed E-state index contributed by atoms with van der Waals surface area (Å²) in [6.07, 6.45) is 1.69. The van der Waals surface area contributed by atoms with Gasteiger partial charge in [0.2, 0.25) is 17.7 Å². The van der Waals surface area contributed by atoms with Crippen molar-refractivity contribution >= 4 is 29.4 Å². The number of rotatable bonds is 4. The van der Waals surface area contributed by atoms with Gasteiger partial charge in [-0.3, -0.25) is 19.3 Å². The van der Waals surface area contributed by atoms with E-state index in [1.165, 1.54) is 11.8 Å². The number of carbonyl (C=O) groups excluding carboxylic acids is 4. The molecular formula is C26H26N2O5. The summed E-state index contributed by atoms with van der Waals surface area (Å²) in [5, 5.41) is 2.83. The Labute approximate surface area is 192 Å². The highest BCUT2D eigenvalue weighted by atomic mass is 16.5. The van der Waals surface area contributed by atoms with E-state index in [9.17, 15) is 19.2 Å². The second-order valence-corrected chi connectivity index (χ2v) is 9.20. The molecule has 33 heavy (non-hydrogen) atoms. The van der Waals surface area contributed by atoms with Crippen molar-refractivity contribution in [2.24, 2.45) is 11.8 Å². The third-order valence-electron chi connectivity index (χ3n) is 7.04. The first kappa shape index (κ1) is 21.4. The predicted molar refractivity (Wildman–Crippen MR) is 120 cm³/mol. The summed E-state index contributed by atoms with van der Waals surface area (Å²) in [7, 11) is 0. The van der Waals surface area contributed by atoms with E-state index in [1.54, 1.807) is 19.1 Å². The van der Waals surface area contributed by atoms with E-state index in [-0.39, 0.29) is 36.2 Å². The summed E-state index contributed by atoms with van der Waals surface area (Å²) in [6, 6.07) is 13.2. The fraction of sp³-hybridized carbons (Fsp3) is 0.385. The summed E-state index contributed by atoms with van der Waals surface area (Å²) in [6.45, 7) is 3.37. The SMILES string of the molecule is CCOC(=O)C1(NC(C)=O)Cc2cc3c(cc2C1)CC1C(=O)N(c2ccccc2)C(=O)C1C3. The van der Waals surface area contributed by atoms with Crippen LogP contribution in [0.3, 0.4) is 0 Å². The maximum absolute atomic E-state index is 13.2.